The first-order chi connectivity index (χ1) is 5.33. The van der Waals surface area contributed by atoms with Crippen LogP contribution in [0.3, 0.4) is 0 Å². The predicted octanol–water partition coefficient (Wildman–Crippen LogP) is 1.67. The van der Waals surface area contributed by atoms with Gasteiger partial charge in [0.05, 0.1) is 12.7 Å². The van der Waals surface area contributed by atoms with Crippen LogP contribution in [0, 0.1) is 0 Å². The SMILES string of the molecule is CCCNCc1ncc(Br)[nH]1. The van der Waals surface area contributed by atoms with Crippen molar-refractivity contribution in [2.75, 3.05) is 6.54 Å². The van der Waals surface area contributed by atoms with E-state index in [0.29, 0.717) is 0 Å². The van der Waals surface area contributed by atoms with Gasteiger partial charge in [0, 0.05) is 0 Å². The molecule has 62 valence electrons. The Morgan fingerprint density at radius 1 is 1.73 bits per heavy atom. The Labute approximate surface area is 74.7 Å². The lowest BCUT2D eigenvalue weighted by atomic mass is 10.5. The van der Waals surface area contributed by atoms with E-state index in [0.717, 1.165) is 29.9 Å². The summed E-state index contributed by atoms with van der Waals surface area (Å²) in [5.41, 5.74) is 0. The third-order valence-electron chi connectivity index (χ3n) is 1.32. The molecule has 0 saturated carbocycles. The highest BCUT2D eigenvalue weighted by Crippen LogP contribution is 2.03. The van der Waals surface area contributed by atoms with Crippen LogP contribution in [0.4, 0.5) is 0 Å². The van der Waals surface area contributed by atoms with Crippen LogP contribution in [0.5, 0.6) is 0 Å². The van der Waals surface area contributed by atoms with Gasteiger partial charge in [-0.3, -0.25) is 0 Å². The summed E-state index contributed by atoms with van der Waals surface area (Å²) in [6.07, 6.45) is 2.92. The van der Waals surface area contributed by atoms with Gasteiger partial charge >= 0.3 is 0 Å². The molecule has 0 radical (unpaired) electrons. The van der Waals surface area contributed by atoms with E-state index in [2.05, 4.69) is 38.1 Å². The van der Waals surface area contributed by atoms with Crippen molar-refractivity contribution >= 4 is 15.9 Å². The van der Waals surface area contributed by atoms with Crippen LogP contribution in [-0.4, -0.2) is 16.5 Å². The zero-order valence-corrected chi connectivity index (χ0v) is 8.11. The van der Waals surface area contributed by atoms with Gasteiger partial charge in [-0.2, -0.15) is 0 Å². The number of nitrogens with zero attached hydrogens (tertiary/aromatic N) is 1. The highest BCUT2D eigenvalue weighted by Gasteiger charge is 1.95. The van der Waals surface area contributed by atoms with Gasteiger partial charge in [-0.25, -0.2) is 4.98 Å². The molecular formula is C7H12BrN3. The number of aromatic nitrogens is 2. The van der Waals surface area contributed by atoms with Crippen LogP contribution < -0.4 is 5.32 Å². The van der Waals surface area contributed by atoms with E-state index in [9.17, 15) is 0 Å². The van der Waals surface area contributed by atoms with Gasteiger partial charge in [0.2, 0.25) is 0 Å². The monoisotopic (exact) mass is 217 g/mol. The molecule has 2 N–H and O–H groups in total. The third-order valence-corrected chi connectivity index (χ3v) is 1.72. The number of rotatable bonds is 4. The second-order valence-corrected chi connectivity index (χ2v) is 3.21. The zero-order chi connectivity index (χ0) is 8.10. The lowest BCUT2D eigenvalue weighted by Gasteiger charge is -1.97. The van der Waals surface area contributed by atoms with Crippen LogP contribution in [-0.2, 0) is 6.54 Å². The van der Waals surface area contributed by atoms with Gasteiger partial charge in [0.25, 0.3) is 0 Å². The summed E-state index contributed by atoms with van der Waals surface area (Å²) in [6.45, 7) is 4.00. The maximum absolute atomic E-state index is 4.12. The topological polar surface area (TPSA) is 40.7 Å². The molecule has 1 rings (SSSR count). The summed E-state index contributed by atoms with van der Waals surface area (Å²) in [4.78, 5) is 7.20. The molecule has 11 heavy (non-hydrogen) atoms. The van der Waals surface area contributed by atoms with E-state index < -0.39 is 0 Å². The largest absolute Gasteiger partial charge is 0.336 e. The van der Waals surface area contributed by atoms with E-state index in [1.54, 1.807) is 6.20 Å². The number of H-pyrrole nitrogens is 1. The number of nitrogens with one attached hydrogen (secondary N) is 2. The quantitative estimate of drug-likeness (QED) is 0.754. The first-order valence-corrected chi connectivity index (χ1v) is 4.52. The first kappa shape index (κ1) is 8.74. The Morgan fingerprint density at radius 3 is 3.09 bits per heavy atom. The van der Waals surface area contributed by atoms with Gasteiger partial charge in [0.15, 0.2) is 0 Å². The van der Waals surface area contributed by atoms with Gasteiger partial charge in [0.1, 0.15) is 10.4 Å². The molecule has 0 fully saturated rings. The second kappa shape index (κ2) is 4.51. The van der Waals surface area contributed by atoms with Crippen molar-refractivity contribution in [1.82, 2.24) is 15.3 Å². The lowest BCUT2D eigenvalue weighted by molar-refractivity contribution is 0.655. The Hall–Kier alpha value is -0.350. The number of hydrogen-bond donors (Lipinski definition) is 2. The molecule has 0 aliphatic heterocycles. The van der Waals surface area contributed by atoms with Crippen LogP contribution in [0.1, 0.15) is 19.2 Å². The number of hydrogen-bond acceptors (Lipinski definition) is 2. The molecule has 0 saturated heterocycles. The highest BCUT2D eigenvalue weighted by atomic mass is 79.9. The maximum Gasteiger partial charge on any atom is 0.120 e. The molecule has 1 aromatic rings. The van der Waals surface area contributed by atoms with E-state index in [1.165, 1.54) is 0 Å². The van der Waals surface area contributed by atoms with Gasteiger partial charge in [-0.05, 0) is 28.9 Å². The number of aromatic amines is 1. The number of imidazole rings is 1. The molecule has 1 aromatic heterocycles. The van der Waals surface area contributed by atoms with Crippen LogP contribution in [0.25, 0.3) is 0 Å². The Balaban J connectivity index is 2.27. The van der Waals surface area contributed by atoms with E-state index in [1.807, 2.05) is 0 Å². The number of halogens is 1. The fourth-order valence-electron chi connectivity index (χ4n) is 0.810. The van der Waals surface area contributed by atoms with Gasteiger partial charge in [-0.1, -0.05) is 6.92 Å². The van der Waals surface area contributed by atoms with Crippen molar-refractivity contribution < 1.29 is 0 Å². The van der Waals surface area contributed by atoms with Crippen molar-refractivity contribution in [1.29, 1.82) is 0 Å². The zero-order valence-electron chi connectivity index (χ0n) is 6.52. The molecule has 4 heteroatoms. The standard InChI is InChI=1S/C7H12BrN3/c1-2-3-9-5-7-10-4-6(8)11-7/h4,9H,2-3,5H2,1H3,(H,10,11). The van der Waals surface area contributed by atoms with Crippen molar-refractivity contribution in [2.45, 2.75) is 19.9 Å². The van der Waals surface area contributed by atoms with E-state index in [4.69, 9.17) is 0 Å². The minimum Gasteiger partial charge on any atom is -0.336 e. The molecule has 0 aliphatic rings. The molecule has 0 aromatic carbocycles. The summed E-state index contributed by atoms with van der Waals surface area (Å²) in [6, 6.07) is 0. The van der Waals surface area contributed by atoms with Crippen molar-refractivity contribution in [3.8, 4) is 0 Å². The molecule has 0 aliphatic carbocycles. The average Bonchev–Trinajstić information content (AvgIpc) is 2.37. The van der Waals surface area contributed by atoms with Crippen molar-refractivity contribution in [2.24, 2.45) is 0 Å². The molecule has 1 heterocycles. The fraction of sp³-hybridized carbons (Fsp3) is 0.571. The molecule has 0 spiro atoms. The molecular weight excluding hydrogens is 206 g/mol. The predicted molar refractivity (Wildman–Crippen MR) is 48.3 cm³/mol. The fourth-order valence-corrected chi connectivity index (χ4v) is 1.14. The Kier molecular flexibility index (Phi) is 3.59. The summed E-state index contributed by atoms with van der Waals surface area (Å²) in [5.74, 6) is 0.977. The van der Waals surface area contributed by atoms with Crippen molar-refractivity contribution in [3.63, 3.8) is 0 Å². The average molecular weight is 218 g/mol. The van der Waals surface area contributed by atoms with Gasteiger partial charge in [-0.15, -0.1) is 0 Å². The van der Waals surface area contributed by atoms with Crippen molar-refractivity contribution in [3.05, 3.63) is 16.6 Å². The smallest absolute Gasteiger partial charge is 0.120 e. The summed E-state index contributed by atoms with van der Waals surface area (Å²) in [7, 11) is 0. The Bertz CT molecular complexity index is 209. The normalized spacial score (nSPS) is 10.4. The van der Waals surface area contributed by atoms with Crippen LogP contribution in [0.15, 0.2) is 10.8 Å². The first-order valence-electron chi connectivity index (χ1n) is 3.73. The van der Waals surface area contributed by atoms with E-state index in [-0.39, 0.29) is 0 Å². The van der Waals surface area contributed by atoms with Crippen LogP contribution in [0.2, 0.25) is 0 Å². The summed E-state index contributed by atoms with van der Waals surface area (Å²) in [5, 5.41) is 3.25. The maximum atomic E-state index is 4.12. The lowest BCUT2D eigenvalue weighted by Crippen LogP contribution is -2.14. The molecule has 0 bridgehead atoms. The highest BCUT2D eigenvalue weighted by molar-refractivity contribution is 9.10. The van der Waals surface area contributed by atoms with Gasteiger partial charge < -0.3 is 10.3 Å². The summed E-state index contributed by atoms with van der Waals surface area (Å²) < 4.78 is 0.936. The van der Waals surface area contributed by atoms with E-state index >= 15 is 0 Å². The molecule has 0 unspecified atom stereocenters. The van der Waals surface area contributed by atoms with Crippen LogP contribution >= 0.6 is 15.9 Å². The summed E-state index contributed by atoms with van der Waals surface area (Å²) >= 11 is 3.30. The third kappa shape index (κ3) is 3.03. The minimum absolute atomic E-state index is 0.819. The molecule has 0 amide bonds. The Morgan fingerprint density at radius 2 is 2.55 bits per heavy atom. The molecule has 0 atom stereocenters. The molecule has 3 nitrogen and oxygen atoms in total. The second-order valence-electron chi connectivity index (χ2n) is 2.35. The minimum atomic E-state index is 0.819.